The molecule has 55 heavy (non-hydrogen) atoms. The van der Waals surface area contributed by atoms with Crippen LogP contribution in [0.1, 0.15) is 0 Å². The van der Waals surface area contributed by atoms with E-state index in [2.05, 4.69) is 192 Å². The van der Waals surface area contributed by atoms with Crippen LogP contribution in [-0.2, 0) is 0 Å². The molecule has 11 aromatic rings. The van der Waals surface area contributed by atoms with Gasteiger partial charge in [0, 0.05) is 38.9 Å². The van der Waals surface area contributed by atoms with E-state index in [1.54, 1.807) is 0 Å². The van der Waals surface area contributed by atoms with E-state index in [1.165, 1.54) is 16.3 Å². The van der Waals surface area contributed by atoms with Gasteiger partial charge in [-0.25, -0.2) is 9.67 Å². The smallest absolute Gasteiger partial charge is 0.101 e. The van der Waals surface area contributed by atoms with Crippen LogP contribution >= 0.6 is 0 Å². The molecule has 256 valence electrons. The lowest BCUT2D eigenvalue weighted by atomic mass is 9.90. The minimum absolute atomic E-state index is 0.922. The Bertz CT molecular complexity index is 3240. The number of fused-ring (bicyclic) bond motifs is 7. The fourth-order valence-corrected chi connectivity index (χ4v) is 8.17. The minimum Gasteiger partial charge on any atom is -0.254 e. The monoisotopic (exact) mass is 700 g/mol. The third-order valence-electron chi connectivity index (χ3n) is 10.8. The van der Waals surface area contributed by atoms with Gasteiger partial charge in [0.15, 0.2) is 0 Å². The van der Waals surface area contributed by atoms with E-state index in [0.29, 0.717) is 0 Å². The van der Waals surface area contributed by atoms with Crippen LogP contribution in [0.15, 0.2) is 194 Å². The number of para-hydroxylation sites is 1. The first-order chi connectivity index (χ1) is 27.3. The van der Waals surface area contributed by atoms with Gasteiger partial charge in [0.25, 0.3) is 0 Å². The molecule has 0 aliphatic carbocycles. The fraction of sp³-hybridized carbons (Fsp3) is 0. The van der Waals surface area contributed by atoms with Crippen LogP contribution < -0.4 is 0 Å². The highest BCUT2D eigenvalue weighted by Crippen LogP contribution is 2.44. The summed E-state index contributed by atoms with van der Waals surface area (Å²) < 4.78 is 2.14. The lowest BCUT2D eigenvalue weighted by molar-refractivity contribution is 0.918. The summed E-state index contributed by atoms with van der Waals surface area (Å²) in [6, 6.07) is 66.8. The first-order valence-corrected chi connectivity index (χ1v) is 18.6. The lowest BCUT2D eigenvalue weighted by Gasteiger charge is -2.15. The third kappa shape index (κ3) is 5.19. The number of nitrogens with zero attached hydrogens (tertiary/aromatic N) is 4. The summed E-state index contributed by atoms with van der Waals surface area (Å²) in [4.78, 5) is 9.84. The molecular weight excluding hydrogens is 669 g/mol. The Hall–Kier alpha value is -7.43. The van der Waals surface area contributed by atoms with Gasteiger partial charge in [0.1, 0.15) is 5.69 Å². The van der Waals surface area contributed by atoms with Crippen LogP contribution in [0.5, 0.6) is 0 Å². The number of hydrogen-bond acceptors (Lipinski definition) is 3. The van der Waals surface area contributed by atoms with Gasteiger partial charge in [0.2, 0.25) is 0 Å². The molecule has 3 aromatic heterocycles. The average Bonchev–Trinajstić information content (AvgIpc) is 3.67. The van der Waals surface area contributed by atoms with Crippen LogP contribution in [0.25, 0.3) is 105 Å². The Morgan fingerprint density at radius 2 is 1.07 bits per heavy atom. The number of hydrogen-bond donors (Lipinski definition) is 0. The van der Waals surface area contributed by atoms with Gasteiger partial charge in [-0.3, -0.25) is 4.98 Å². The highest BCUT2D eigenvalue weighted by atomic mass is 15.3. The van der Waals surface area contributed by atoms with Crippen molar-refractivity contribution in [2.75, 3.05) is 0 Å². The van der Waals surface area contributed by atoms with Crippen molar-refractivity contribution >= 4 is 54.3 Å². The van der Waals surface area contributed by atoms with Crippen LogP contribution in [0.3, 0.4) is 0 Å². The SMILES string of the molecule is c1ccc(-c2cc3c(-c4ccc5ccc(-c6ccc7ccc8cccnc8c7n6)cc5c4)cccc3c3c2c(-c2ccccc2)nn3-c2ccccc2)cc1. The van der Waals surface area contributed by atoms with Crippen molar-refractivity contribution in [2.24, 2.45) is 0 Å². The maximum Gasteiger partial charge on any atom is 0.101 e. The van der Waals surface area contributed by atoms with E-state index in [0.717, 1.165) is 88.4 Å². The summed E-state index contributed by atoms with van der Waals surface area (Å²) in [7, 11) is 0. The molecule has 0 radical (unpaired) electrons. The molecular formula is C51H32N4. The average molecular weight is 701 g/mol. The van der Waals surface area contributed by atoms with Crippen molar-refractivity contribution in [2.45, 2.75) is 0 Å². The third-order valence-corrected chi connectivity index (χ3v) is 10.8. The molecule has 11 rings (SSSR count). The zero-order valence-corrected chi connectivity index (χ0v) is 29.8. The van der Waals surface area contributed by atoms with E-state index in [4.69, 9.17) is 10.1 Å². The summed E-state index contributed by atoms with van der Waals surface area (Å²) in [5, 5.41) is 13.4. The largest absolute Gasteiger partial charge is 0.254 e. The highest BCUT2D eigenvalue weighted by Gasteiger charge is 2.22. The molecule has 4 heteroatoms. The van der Waals surface area contributed by atoms with Gasteiger partial charge in [-0.2, -0.15) is 5.10 Å². The van der Waals surface area contributed by atoms with Crippen molar-refractivity contribution in [3.05, 3.63) is 194 Å². The first kappa shape index (κ1) is 31.1. The summed E-state index contributed by atoms with van der Waals surface area (Å²) in [5.41, 5.74) is 12.7. The maximum atomic E-state index is 5.39. The predicted molar refractivity (Wildman–Crippen MR) is 228 cm³/mol. The van der Waals surface area contributed by atoms with Gasteiger partial charge in [-0.05, 0) is 80.9 Å². The van der Waals surface area contributed by atoms with Crippen molar-refractivity contribution in [3.63, 3.8) is 0 Å². The molecule has 0 fully saturated rings. The molecule has 4 nitrogen and oxygen atoms in total. The Kier molecular flexibility index (Phi) is 7.14. The lowest BCUT2D eigenvalue weighted by Crippen LogP contribution is -1.97. The van der Waals surface area contributed by atoms with E-state index in [-0.39, 0.29) is 0 Å². The normalized spacial score (nSPS) is 11.6. The standard InChI is InChI=1S/C51H32N4/c1-4-12-34(13-5-1)44-32-45-42(19-10-20-43(45)51-47(44)48(35-14-6-2-7-15-35)54-55(51)41-17-8-3-9-18-41)38-25-21-33-22-26-39(31-40(33)30-38)46-28-27-37-24-23-36-16-11-29-52-49(36)50(37)53-46/h1-32H. The van der Waals surface area contributed by atoms with Crippen LogP contribution in [0.4, 0.5) is 0 Å². The van der Waals surface area contributed by atoms with Gasteiger partial charge >= 0.3 is 0 Å². The van der Waals surface area contributed by atoms with Gasteiger partial charge < -0.3 is 0 Å². The molecule has 0 atom stereocenters. The molecule has 0 bridgehead atoms. The molecule has 8 aromatic carbocycles. The number of rotatable bonds is 5. The van der Waals surface area contributed by atoms with Gasteiger partial charge in [0.05, 0.1) is 27.9 Å². The molecule has 3 heterocycles. The molecule has 0 unspecified atom stereocenters. The topological polar surface area (TPSA) is 43.6 Å². The Labute approximate surface area is 317 Å². The predicted octanol–water partition coefficient (Wildman–Crippen LogP) is 13.1. The second-order valence-electron chi connectivity index (χ2n) is 14.1. The number of aromatic nitrogens is 4. The van der Waals surface area contributed by atoms with Crippen molar-refractivity contribution < 1.29 is 0 Å². The van der Waals surface area contributed by atoms with E-state index in [1.807, 2.05) is 12.3 Å². The van der Waals surface area contributed by atoms with Crippen molar-refractivity contribution in [3.8, 4) is 50.5 Å². The van der Waals surface area contributed by atoms with E-state index < -0.39 is 0 Å². The van der Waals surface area contributed by atoms with Gasteiger partial charge in [-0.15, -0.1) is 0 Å². The van der Waals surface area contributed by atoms with Crippen molar-refractivity contribution in [1.82, 2.24) is 19.7 Å². The maximum absolute atomic E-state index is 5.39. The van der Waals surface area contributed by atoms with Crippen LogP contribution in [-0.4, -0.2) is 19.7 Å². The Morgan fingerprint density at radius 1 is 0.400 bits per heavy atom. The van der Waals surface area contributed by atoms with E-state index >= 15 is 0 Å². The first-order valence-electron chi connectivity index (χ1n) is 18.6. The molecule has 0 aliphatic rings. The highest BCUT2D eigenvalue weighted by molar-refractivity contribution is 6.20. The second kappa shape index (κ2) is 12.6. The second-order valence-corrected chi connectivity index (χ2v) is 14.1. The molecule has 0 amide bonds. The quantitative estimate of drug-likeness (QED) is 0.168. The zero-order valence-electron chi connectivity index (χ0n) is 29.8. The fourth-order valence-electron chi connectivity index (χ4n) is 8.17. The Balaban J connectivity index is 1.14. The van der Waals surface area contributed by atoms with Gasteiger partial charge in [-0.1, -0.05) is 146 Å². The number of pyridine rings is 2. The summed E-state index contributed by atoms with van der Waals surface area (Å²) >= 11 is 0. The molecule has 0 aliphatic heterocycles. The van der Waals surface area contributed by atoms with Crippen LogP contribution in [0.2, 0.25) is 0 Å². The van der Waals surface area contributed by atoms with Crippen molar-refractivity contribution in [1.29, 1.82) is 0 Å². The summed E-state index contributed by atoms with van der Waals surface area (Å²) in [6.45, 7) is 0. The molecule has 0 saturated carbocycles. The summed E-state index contributed by atoms with van der Waals surface area (Å²) in [5.74, 6) is 0. The van der Waals surface area contributed by atoms with Crippen LogP contribution in [0, 0.1) is 0 Å². The zero-order chi connectivity index (χ0) is 36.3. The molecule has 0 spiro atoms. The number of benzene rings is 8. The minimum atomic E-state index is 0.922. The Morgan fingerprint density at radius 3 is 1.87 bits per heavy atom. The summed E-state index contributed by atoms with van der Waals surface area (Å²) in [6.07, 6.45) is 1.84. The molecule has 0 N–H and O–H groups in total. The van der Waals surface area contributed by atoms with E-state index in [9.17, 15) is 0 Å². The molecule has 0 saturated heterocycles.